The Labute approximate surface area is 179 Å². The van der Waals surface area contributed by atoms with E-state index in [0.717, 1.165) is 11.3 Å². The fourth-order valence-corrected chi connectivity index (χ4v) is 4.05. The molecule has 1 unspecified atom stereocenters. The van der Waals surface area contributed by atoms with Gasteiger partial charge in [-0.2, -0.15) is 0 Å². The molecular formula is C22H32N2O5S. The number of nitrogens with one attached hydrogen (secondary N) is 2. The van der Waals surface area contributed by atoms with Crippen molar-refractivity contribution >= 4 is 21.8 Å². The fourth-order valence-electron chi connectivity index (χ4n) is 2.81. The molecule has 2 amide bonds. The molecule has 1 aromatic carbocycles. The number of rotatable bonds is 12. The zero-order valence-electron chi connectivity index (χ0n) is 17.9. The highest BCUT2D eigenvalue weighted by atomic mass is 32.2. The zero-order chi connectivity index (χ0) is 22.1. The maximum atomic E-state index is 12.4. The number of amides is 2. The van der Waals surface area contributed by atoms with Gasteiger partial charge in [0.25, 0.3) is 0 Å². The summed E-state index contributed by atoms with van der Waals surface area (Å²) >= 11 is 0. The maximum absolute atomic E-state index is 12.4. The van der Waals surface area contributed by atoms with E-state index in [2.05, 4.69) is 10.0 Å². The first-order chi connectivity index (χ1) is 14.2. The monoisotopic (exact) mass is 436 g/mol. The molecule has 0 radical (unpaired) electrons. The fraction of sp³-hybridized carbons (Fsp3) is 0.545. The number of sulfonamides is 1. The van der Waals surface area contributed by atoms with E-state index in [-0.39, 0.29) is 29.5 Å². The second kappa shape index (κ2) is 11.3. The Hall–Kier alpha value is -2.19. The van der Waals surface area contributed by atoms with Gasteiger partial charge in [-0.05, 0) is 56.2 Å². The third-order valence-corrected chi connectivity index (χ3v) is 6.34. The standard InChI is InChI=1S/C22H32N2O5S/c1-16(22(26)23-18(3)25)8-5-4-6-13-30(27,28)24-17(2)20-9-7-10-21(14-20)29-15-19-11-12-19/h4-5,7,9-10,14,16-17,19,24H,6,8,11-13,15H2,1-3H3,(H,23,25,26)/b5-4+/t16?,17-/m1/s1. The molecule has 0 aliphatic heterocycles. The maximum Gasteiger partial charge on any atom is 0.229 e. The second-order valence-corrected chi connectivity index (χ2v) is 9.80. The molecule has 0 saturated heterocycles. The average molecular weight is 437 g/mol. The van der Waals surface area contributed by atoms with Crippen LogP contribution >= 0.6 is 0 Å². The summed E-state index contributed by atoms with van der Waals surface area (Å²) in [5.74, 6) is 0.301. The van der Waals surface area contributed by atoms with E-state index in [1.165, 1.54) is 19.8 Å². The largest absolute Gasteiger partial charge is 0.493 e. The van der Waals surface area contributed by atoms with Crippen LogP contribution in [0.3, 0.4) is 0 Å². The summed E-state index contributed by atoms with van der Waals surface area (Å²) in [5, 5.41) is 2.24. The Morgan fingerprint density at radius 1 is 1.23 bits per heavy atom. The van der Waals surface area contributed by atoms with Crippen molar-refractivity contribution in [3.63, 3.8) is 0 Å². The molecule has 1 saturated carbocycles. The lowest BCUT2D eigenvalue weighted by atomic mass is 10.1. The van der Waals surface area contributed by atoms with E-state index >= 15 is 0 Å². The Morgan fingerprint density at radius 3 is 2.63 bits per heavy atom. The van der Waals surface area contributed by atoms with Gasteiger partial charge in [-0.15, -0.1) is 0 Å². The summed E-state index contributed by atoms with van der Waals surface area (Å²) in [5.41, 5.74) is 0.854. The third kappa shape index (κ3) is 9.09. The van der Waals surface area contributed by atoms with Crippen LogP contribution in [0.25, 0.3) is 0 Å². The number of carbonyl (C=O) groups excluding carboxylic acids is 2. The predicted octanol–water partition coefficient (Wildman–Crippen LogP) is 3.09. The van der Waals surface area contributed by atoms with Crippen LogP contribution in [0, 0.1) is 11.8 Å². The van der Waals surface area contributed by atoms with Crippen LogP contribution in [0.5, 0.6) is 5.75 Å². The molecule has 1 fully saturated rings. The molecule has 0 aromatic heterocycles. The van der Waals surface area contributed by atoms with Gasteiger partial charge in [-0.1, -0.05) is 31.2 Å². The van der Waals surface area contributed by atoms with Gasteiger partial charge in [0.05, 0.1) is 12.4 Å². The molecule has 0 bridgehead atoms. The molecule has 2 rings (SSSR count). The van der Waals surface area contributed by atoms with E-state index in [0.29, 0.717) is 25.4 Å². The molecule has 7 nitrogen and oxygen atoms in total. The molecule has 2 atom stereocenters. The van der Waals surface area contributed by atoms with Crippen molar-refractivity contribution in [2.75, 3.05) is 12.4 Å². The number of hydrogen-bond donors (Lipinski definition) is 2. The summed E-state index contributed by atoms with van der Waals surface area (Å²) < 4.78 is 33.2. The van der Waals surface area contributed by atoms with Crippen LogP contribution in [-0.2, 0) is 19.6 Å². The number of hydrogen-bond acceptors (Lipinski definition) is 5. The molecule has 1 aliphatic carbocycles. The summed E-state index contributed by atoms with van der Waals surface area (Å²) in [6.07, 6.45) is 6.73. The summed E-state index contributed by atoms with van der Waals surface area (Å²) in [6.45, 7) is 5.52. The SMILES string of the molecule is CC(=O)NC(=O)C(C)C/C=C/CCS(=O)(=O)N[C@H](C)c1cccc(OCC2CC2)c1. The smallest absolute Gasteiger partial charge is 0.229 e. The number of carbonyl (C=O) groups is 2. The molecule has 1 aliphatic rings. The third-order valence-electron chi connectivity index (χ3n) is 4.85. The van der Waals surface area contributed by atoms with Crippen molar-refractivity contribution in [1.82, 2.24) is 10.0 Å². The summed E-state index contributed by atoms with van der Waals surface area (Å²) in [7, 11) is -3.46. The van der Waals surface area contributed by atoms with Crippen LogP contribution in [-0.4, -0.2) is 32.6 Å². The van der Waals surface area contributed by atoms with Gasteiger partial charge in [-0.25, -0.2) is 13.1 Å². The van der Waals surface area contributed by atoms with Gasteiger partial charge in [0, 0.05) is 18.9 Å². The van der Waals surface area contributed by atoms with Crippen molar-refractivity contribution in [2.24, 2.45) is 11.8 Å². The molecular weight excluding hydrogens is 404 g/mol. The average Bonchev–Trinajstić information content (AvgIpc) is 3.49. The van der Waals surface area contributed by atoms with Gasteiger partial charge >= 0.3 is 0 Å². The van der Waals surface area contributed by atoms with Crippen LogP contribution < -0.4 is 14.8 Å². The van der Waals surface area contributed by atoms with Crippen LogP contribution in [0.2, 0.25) is 0 Å². The Bertz CT molecular complexity index is 862. The summed E-state index contributed by atoms with van der Waals surface area (Å²) in [6, 6.07) is 7.15. The van der Waals surface area contributed by atoms with Crippen molar-refractivity contribution in [3.8, 4) is 5.75 Å². The highest BCUT2D eigenvalue weighted by Gasteiger charge is 2.22. The Morgan fingerprint density at radius 2 is 1.97 bits per heavy atom. The summed E-state index contributed by atoms with van der Waals surface area (Å²) in [4.78, 5) is 22.5. The number of imide groups is 1. The minimum atomic E-state index is -3.46. The van der Waals surface area contributed by atoms with Crippen molar-refractivity contribution < 1.29 is 22.7 Å². The molecule has 2 N–H and O–H groups in total. The van der Waals surface area contributed by atoms with Crippen molar-refractivity contribution in [2.45, 2.75) is 52.5 Å². The number of benzene rings is 1. The minimum absolute atomic E-state index is 0.0419. The normalized spacial score (nSPS) is 16.2. The highest BCUT2D eigenvalue weighted by Crippen LogP contribution is 2.30. The predicted molar refractivity (Wildman–Crippen MR) is 116 cm³/mol. The van der Waals surface area contributed by atoms with Crippen molar-refractivity contribution in [1.29, 1.82) is 0 Å². The first kappa shape index (κ1) is 24.1. The van der Waals surface area contributed by atoms with E-state index in [4.69, 9.17) is 4.74 Å². The van der Waals surface area contributed by atoms with Crippen LogP contribution in [0.4, 0.5) is 0 Å². The first-order valence-electron chi connectivity index (χ1n) is 10.4. The molecule has 8 heteroatoms. The lowest BCUT2D eigenvalue weighted by molar-refractivity contribution is -0.131. The molecule has 166 valence electrons. The van der Waals surface area contributed by atoms with E-state index in [1.807, 2.05) is 31.2 Å². The van der Waals surface area contributed by atoms with Gasteiger partial charge in [0.15, 0.2) is 0 Å². The molecule has 30 heavy (non-hydrogen) atoms. The Balaban J connectivity index is 1.76. The van der Waals surface area contributed by atoms with E-state index < -0.39 is 10.0 Å². The lowest BCUT2D eigenvalue weighted by Gasteiger charge is -2.15. The number of ether oxygens (including phenoxy) is 1. The van der Waals surface area contributed by atoms with E-state index in [9.17, 15) is 18.0 Å². The Kier molecular flexibility index (Phi) is 9.05. The zero-order valence-corrected chi connectivity index (χ0v) is 18.7. The highest BCUT2D eigenvalue weighted by molar-refractivity contribution is 7.89. The van der Waals surface area contributed by atoms with Gasteiger partial charge < -0.3 is 4.74 Å². The lowest BCUT2D eigenvalue weighted by Crippen LogP contribution is -2.32. The van der Waals surface area contributed by atoms with E-state index in [1.54, 1.807) is 19.1 Å². The van der Waals surface area contributed by atoms with Crippen LogP contribution in [0.1, 0.15) is 58.1 Å². The van der Waals surface area contributed by atoms with Gasteiger partial charge in [-0.3, -0.25) is 14.9 Å². The van der Waals surface area contributed by atoms with Crippen molar-refractivity contribution in [3.05, 3.63) is 42.0 Å². The molecule has 0 spiro atoms. The van der Waals surface area contributed by atoms with Gasteiger partial charge in [0.2, 0.25) is 21.8 Å². The number of allylic oxidation sites excluding steroid dienone is 2. The minimum Gasteiger partial charge on any atom is -0.493 e. The molecule has 1 aromatic rings. The topological polar surface area (TPSA) is 102 Å². The first-order valence-corrected chi connectivity index (χ1v) is 12.0. The second-order valence-electron chi connectivity index (χ2n) is 7.93. The van der Waals surface area contributed by atoms with Gasteiger partial charge in [0.1, 0.15) is 5.75 Å². The quantitative estimate of drug-likeness (QED) is 0.490. The molecule has 0 heterocycles. The van der Waals surface area contributed by atoms with Crippen LogP contribution in [0.15, 0.2) is 36.4 Å².